The average molecular weight is 272 g/mol. The van der Waals surface area contributed by atoms with E-state index in [0.29, 0.717) is 12.3 Å². The number of hydrogen-bond acceptors (Lipinski definition) is 3. The highest BCUT2D eigenvalue weighted by Crippen LogP contribution is 2.39. The van der Waals surface area contributed by atoms with Crippen LogP contribution in [0.25, 0.3) is 0 Å². The molecule has 106 valence electrons. The summed E-state index contributed by atoms with van der Waals surface area (Å²) in [4.78, 5) is 24.9. The second-order valence-electron chi connectivity index (χ2n) is 5.97. The van der Waals surface area contributed by atoms with Crippen LogP contribution in [0.2, 0.25) is 0 Å². The third kappa shape index (κ3) is 2.42. The highest BCUT2D eigenvalue weighted by molar-refractivity contribution is 6.14. The van der Waals surface area contributed by atoms with Crippen LogP contribution >= 0.6 is 0 Å². The zero-order chi connectivity index (χ0) is 14.1. The molecule has 0 spiro atoms. The molecule has 1 saturated carbocycles. The molecule has 0 bridgehead atoms. The lowest BCUT2D eigenvalue weighted by atomic mass is 9.83. The van der Waals surface area contributed by atoms with Crippen LogP contribution in [-0.2, 0) is 14.3 Å². The maximum Gasteiger partial charge on any atom is 0.151 e. The third-order valence-corrected chi connectivity index (χ3v) is 4.64. The van der Waals surface area contributed by atoms with E-state index in [1.165, 1.54) is 0 Å². The Labute approximate surface area is 119 Å². The molecule has 3 rings (SSSR count). The van der Waals surface area contributed by atoms with Crippen molar-refractivity contribution in [2.75, 3.05) is 13.2 Å². The van der Waals surface area contributed by atoms with E-state index in [4.69, 9.17) is 4.74 Å². The summed E-state index contributed by atoms with van der Waals surface area (Å²) in [5, 5.41) is 0. The summed E-state index contributed by atoms with van der Waals surface area (Å²) in [5.74, 6) is -0.0575. The van der Waals surface area contributed by atoms with Crippen molar-refractivity contribution in [3.63, 3.8) is 0 Å². The third-order valence-electron chi connectivity index (χ3n) is 4.64. The molecule has 1 heterocycles. The first-order chi connectivity index (χ1) is 9.66. The molecule has 20 heavy (non-hydrogen) atoms. The van der Waals surface area contributed by atoms with Gasteiger partial charge in [0.05, 0.1) is 0 Å². The summed E-state index contributed by atoms with van der Waals surface area (Å²) in [5.41, 5.74) is 2.01. The van der Waals surface area contributed by atoms with Gasteiger partial charge in [-0.05, 0) is 31.2 Å². The van der Waals surface area contributed by atoms with Crippen molar-refractivity contribution in [1.29, 1.82) is 0 Å². The van der Waals surface area contributed by atoms with Gasteiger partial charge >= 0.3 is 0 Å². The fraction of sp³-hybridized carbons (Fsp3) is 0.529. The van der Waals surface area contributed by atoms with E-state index in [1.54, 1.807) is 0 Å². The molecule has 1 aliphatic heterocycles. The van der Waals surface area contributed by atoms with Gasteiger partial charge in [0, 0.05) is 25.6 Å². The van der Waals surface area contributed by atoms with Crippen LogP contribution in [0, 0.1) is 18.8 Å². The molecule has 1 aromatic carbocycles. The fourth-order valence-corrected chi connectivity index (χ4v) is 3.43. The summed E-state index contributed by atoms with van der Waals surface area (Å²) in [6.45, 7) is 3.45. The molecule has 1 aliphatic carbocycles. The molecule has 1 saturated heterocycles. The van der Waals surface area contributed by atoms with E-state index >= 15 is 0 Å². The molecular formula is C17H20O3. The Hall–Kier alpha value is -1.48. The highest BCUT2D eigenvalue weighted by atomic mass is 16.5. The molecule has 0 aromatic heterocycles. The molecule has 2 fully saturated rings. The molecule has 0 amide bonds. The molecule has 0 radical (unpaired) electrons. The topological polar surface area (TPSA) is 43.4 Å². The summed E-state index contributed by atoms with van der Waals surface area (Å²) < 4.78 is 5.35. The van der Waals surface area contributed by atoms with Gasteiger partial charge in [0.15, 0.2) is 5.78 Å². The largest absolute Gasteiger partial charge is 0.381 e. The number of benzene rings is 1. The van der Waals surface area contributed by atoms with Crippen LogP contribution in [0.3, 0.4) is 0 Å². The minimum Gasteiger partial charge on any atom is -0.381 e. The molecule has 0 N–H and O–H groups in total. The second kappa shape index (κ2) is 5.49. The quantitative estimate of drug-likeness (QED) is 0.777. The van der Waals surface area contributed by atoms with Crippen LogP contribution in [0.15, 0.2) is 24.3 Å². The van der Waals surface area contributed by atoms with Crippen molar-refractivity contribution >= 4 is 11.6 Å². The number of hydrogen-bond donors (Lipinski definition) is 0. The first kappa shape index (κ1) is 13.5. The highest BCUT2D eigenvalue weighted by Gasteiger charge is 2.45. The van der Waals surface area contributed by atoms with E-state index < -0.39 is 5.92 Å². The Morgan fingerprint density at radius 1 is 1.05 bits per heavy atom. The number of carbonyl (C=O) groups is 2. The maximum absolute atomic E-state index is 12.6. The molecule has 2 aliphatic rings. The second-order valence-corrected chi connectivity index (χ2v) is 5.97. The lowest BCUT2D eigenvalue weighted by Gasteiger charge is -2.26. The van der Waals surface area contributed by atoms with Gasteiger partial charge in [0.1, 0.15) is 11.7 Å². The number of Topliss-reactive ketones (excluding diaryl/α,β-unsaturated/α-hetero) is 2. The van der Waals surface area contributed by atoms with E-state index in [1.807, 2.05) is 31.2 Å². The zero-order valence-electron chi connectivity index (χ0n) is 11.8. The summed E-state index contributed by atoms with van der Waals surface area (Å²) in [6, 6.07) is 7.78. The standard InChI is InChI=1S/C17H20O3/c1-11-2-4-13(5-3-11)16-15(18)10-14(17(16)19)12-6-8-20-9-7-12/h2-5,12,14,16H,6-10H2,1H3. The van der Waals surface area contributed by atoms with Crippen LogP contribution in [-0.4, -0.2) is 24.8 Å². The van der Waals surface area contributed by atoms with E-state index in [9.17, 15) is 9.59 Å². The van der Waals surface area contributed by atoms with E-state index in [2.05, 4.69) is 0 Å². The Morgan fingerprint density at radius 2 is 1.70 bits per heavy atom. The molecule has 3 nitrogen and oxygen atoms in total. The first-order valence-corrected chi connectivity index (χ1v) is 7.37. The summed E-state index contributed by atoms with van der Waals surface area (Å²) in [6.07, 6.45) is 2.23. The van der Waals surface area contributed by atoms with Crippen LogP contribution in [0.5, 0.6) is 0 Å². The summed E-state index contributed by atoms with van der Waals surface area (Å²) in [7, 11) is 0. The molecule has 2 unspecified atom stereocenters. The Morgan fingerprint density at radius 3 is 2.35 bits per heavy atom. The van der Waals surface area contributed by atoms with E-state index in [0.717, 1.165) is 37.2 Å². The SMILES string of the molecule is Cc1ccc(C2C(=O)CC(C3CCOCC3)C2=O)cc1. The van der Waals surface area contributed by atoms with E-state index in [-0.39, 0.29) is 17.5 Å². The van der Waals surface area contributed by atoms with Gasteiger partial charge in [-0.1, -0.05) is 29.8 Å². The molecule has 3 heteroatoms. The van der Waals surface area contributed by atoms with Crippen molar-refractivity contribution < 1.29 is 14.3 Å². The van der Waals surface area contributed by atoms with Gasteiger partial charge < -0.3 is 4.74 Å². The van der Waals surface area contributed by atoms with Crippen molar-refractivity contribution in [2.45, 2.75) is 32.1 Å². The average Bonchev–Trinajstić information content (AvgIpc) is 2.76. The molecule has 1 aromatic rings. The van der Waals surface area contributed by atoms with Gasteiger partial charge in [0.2, 0.25) is 0 Å². The van der Waals surface area contributed by atoms with Crippen molar-refractivity contribution in [3.05, 3.63) is 35.4 Å². The first-order valence-electron chi connectivity index (χ1n) is 7.37. The van der Waals surface area contributed by atoms with Gasteiger partial charge in [-0.15, -0.1) is 0 Å². The smallest absolute Gasteiger partial charge is 0.151 e. The fourth-order valence-electron chi connectivity index (χ4n) is 3.43. The van der Waals surface area contributed by atoms with Gasteiger partial charge in [-0.3, -0.25) is 9.59 Å². The number of aryl methyl sites for hydroxylation is 1. The minimum absolute atomic E-state index is 0.0855. The predicted molar refractivity (Wildman–Crippen MR) is 75.6 cm³/mol. The van der Waals surface area contributed by atoms with Gasteiger partial charge in [-0.25, -0.2) is 0 Å². The minimum atomic E-state index is -0.525. The van der Waals surface area contributed by atoms with Crippen molar-refractivity contribution in [3.8, 4) is 0 Å². The molecule has 2 atom stereocenters. The monoisotopic (exact) mass is 272 g/mol. The van der Waals surface area contributed by atoms with Crippen LogP contribution < -0.4 is 0 Å². The summed E-state index contributed by atoms with van der Waals surface area (Å²) >= 11 is 0. The van der Waals surface area contributed by atoms with Crippen molar-refractivity contribution in [2.24, 2.45) is 11.8 Å². The van der Waals surface area contributed by atoms with Gasteiger partial charge in [-0.2, -0.15) is 0 Å². The zero-order valence-corrected chi connectivity index (χ0v) is 11.8. The molecular weight excluding hydrogens is 252 g/mol. The Bertz CT molecular complexity index is 512. The van der Waals surface area contributed by atoms with Crippen LogP contribution in [0.1, 0.15) is 36.3 Å². The lowest BCUT2D eigenvalue weighted by molar-refractivity contribution is -0.125. The maximum atomic E-state index is 12.6. The normalized spacial score (nSPS) is 28.1. The lowest BCUT2D eigenvalue weighted by Crippen LogP contribution is -2.27. The van der Waals surface area contributed by atoms with Crippen molar-refractivity contribution in [1.82, 2.24) is 0 Å². The number of rotatable bonds is 2. The number of ketones is 2. The van der Waals surface area contributed by atoms with Gasteiger partial charge in [0.25, 0.3) is 0 Å². The Balaban J connectivity index is 1.81. The number of ether oxygens (including phenoxy) is 1. The van der Waals surface area contributed by atoms with Crippen LogP contribution in [0.4, 0.5) is 0 Å². The number of carbonyl (C=O) groups excluding carboxylic acids is 2. The predicted octanol–water partition coefficient (Wildman–Crippen LogP) is 2.66. The Kier molecular flexibility index (Phi) is 3.70.